The van der Waals surface area contributed by atoms with Crippen LogP contribution in [0, 0.1) is 6.92 Å². The second-order valence-corrected chi connectivity index (χ2v) is 7.83. The quantitative estimate of drug-likeness (QED) is 0.867. The van der Waals surface area contributed by atoms with E-state index in [2.05, 4.69) is 52.2 Å². The van der Waals surface area contributed by atoms with Gasteiger partial charge in [0.2, 0.25) is 0 Å². The molecule has 136 valence electrons. The van der Waals surface area contributed by atoms with Gasteiger partial charge in [0, 0.05) is 35.4 Å². The van der Waals surface area contributed by atoms with Gasteiger partial charge >= 0.3 is 0 Å². The van der Waals surface area contributed by atoms with Crippen LogP contribution in [0.3, 0.4) is 0 Å². The molecular weight excluding hydrogens is 344 g/mol. The van der Waals surface area contributed by atoms with Crippen LogP contribution in [0.5, 0.6) is 0 Å². The minimum Gasteiger partial charge on any atom is -0.380 e. The third kappa shape index (κ3) is 3.76. The number of hydrogen-bond acceptors (Lipinski definition) is 4. The zero-order valence-electron chi connectivity index (χ0n) is 15.4. The molecule has 0 saturated carbocycles. The number of hydrogen-bond donors (Lipinski definition) is 1. The molecule has 1 N–H and O–H groups in total. The summed E-state index contributed by atoms with van der Waals surface area (Å²) in [5, 5.41) is 4.53. The molecule has 1 aromatic heterocycles. The van der Waals surface area contributed by atoms with Gasteiger partial charge in [0.1, 0.15) is 0 Å². The van der Waals surface area contributed by atoms with Crippen LogP contribution < -0.4 is 5.32 Å². The van der Waals surface area contributed by atoms with E-state index in [1.165, 1.54) is 24.0 Å². The number of aromatic nitrogens is 1. The molecule has 0 radical (unpaired) electrons. The van der Waals surface area contributed by atoms with E-state index in [4.69, 9.17) is 11.6 Å². The van der Waals surface area contributed by atoms with Gasteiger partial charge in [-0.15, -0.1) is 0 Å². The number of piperidine rings is 1. The Kier molecular flexibility index (Phi) is 4.96. The summed E-state index contributed by atoms with van der Waals surface area (Å²) in [6.07, 6.45) is 4.36. The summed E-state index contributed by atoms with van der Waals surface area (Å²) in [5.74, 6) is 0. The van der Waals surface area contributed by atoms with Crippen molar-refractivity contribution in [3.63, 3.8) is 0 Å². The van der Waals surface area contributed by atoms with Gasteiger partial charge in [-0.25, -0.2) is 0 Å². The zero-order valence-corrected chi connectivity index (χ0v) is 16.2. The Balaban J connectivity index is 1.40. The Morgan fingerprint density at radius 3 is 3.00 bits per heavy atom. The summed E-state index contributed by atoms with van der Waals surface area (Å²) < 4.78 is 0. The number of nitrogens with one attached hydrogen (secondary N) is 1. The Labute approximate surface area is 160 Å². The van der Waals surface area contributed by atoms with Crippen LogP contribution in [0.4, 0.5) is 5.69 Å². The van der Waals surface area contributed by atoms with Crippen LogP contribution in [-0.2, 0) is 13.1 Å². The summed E-state index contributed by atoms with van der Waals surface area (Å²) in [6, 6.07) is 9.00. The third-order valence-corrected chi connectivity index (χ3v) is 5.75. The van der Waals surface area contributed by atoms with Gasteiger partial charge in [0.15, 0.2) is 0 Å². The number of benzene rings is 1. The molecule has 2 aliphatic rings. The predicted molar refractivity (Wildman–Crippen MR) is 108 cm³/mol. The smallest absolute Gasteiger partial charge is 0.0821 e. The first-order valence-corrected chi connectivity index (χ1v) is 9.70. The van der Waals surface area contributed by atoms with Gasteiger partial charge in [-0.05, 0) is 56.5 Å². The Morgan fingerprint density at radius 1 is 1.27 bits per heavy atom. The van der Waals surface area contributed by atoms with Crippen molar-refractivity contribution in [2.75, 3.05) is 18.4 Å². The Bertz CT molecular complexity index is 846. The van der Waals surface area contributed by atoms with E-state index >= 15 is 0 Å². The zero-order chi connectivity index (χ0) is 18.1. The summed E-state index contributed by atoms with van der Waals surface area (Å²) in [5.41, 5.74) is 6.97. The molecule has 2 aliphatic heterocycles. The number of halogens is 1. The van der Waals surface area contributed by atoms with Crippen molar-refractivity contribution in [2.45, 2.75) is 45.8 Å². The number of likely N-dealkylation sites (tertiary alicyclic amines) is 1. The lowest BCUT2D eigenvalue weighted by atomic mass is 10.0. The number of aliphatic imine (C=N–C) groups is 1. The maximum atomic E-state index is 6.15. The highest BCUT2D eigenvalue weighted by molar-refractivity contribution is 6.31. The fraction of sp³-hybridized carbons (Fsp3) is 0.429. The second kappa shape index (κ2) is 7.37. The van der Waals surface area contributed by atoms with Crippen LogP contribution in [0.25, 0.3) is 0 Å². The molecule has 1 saturated heterocycles. The molecule has 0 aliphatic carbocycles. The molecule has 1 atom stereocenters. The number of aryl methyl sites for hydroxylation is 1. The first-order chi connectivity index (χ1) is 12.6. The largest absolute Gasteiger partial charge is 0.380 e. The van der Waals surface area contributed by atoms with Crippen molar-refractivity contribution >= 4 is 23.0 Å². The van der Waals surface area contributed by atoms with Crippen LogP contribution >= 0.6 is 11.6 Å². The lowest BCUT2D eigenvalue weighted by Gasteiger charge is -2.33. The average Bonchev–Trinajstić information content (AvgIpc) is 2.99. The molecule has 3 heterocycles. The van der Waals surface area contributed by atoms with E-state index in [-0.39, 0.29) is 0 Å². The van der Waals surface area contributed by atoms with Crippen LogP contribution in [-0.4, -0.2) is 34.7 Å². The molecule has 26 heavy (non-hydrogen) atoms. The predicted octanol–water partition coefficient (Wildman–Crippen LogP) is 4.44. The normalized spacial score (nSPS) is 20.0. The fourth-order valence-corrected chi connectivity index (χ4v) is 4.02. The SMILES string of the molecule is CC1=NCc2ncc(NC3CCCN(Cc4ccc(Cl)c(C)c4)C3)cc21. The van der Waals surface area contributed by atoms with E-state index in [1.54, 1.807) is 0 Å². The van der Waals surface area contributed by atoms with Crippen molar-refractivity contribution < 1.29 is 0 Å². The van der Waals surface area contributed by atoms with Crippen molar-refractivity contribution in [3.05, 3.63) is 57.9 Å². The van der Waals surface area contributed by atoms with Crippen molar-refractivity contribution in [2.24, 2.45) is 4.99 Å². The molecule has 0 bridgehead atoms. The molecule has 0 spiro atoms. The van der Waals surface area contributed by atoms with Gasteiger partial charge in [0.05, 0.1) is 24.1 Å². The second-order valence-electron chi connectivity index (χ2n) is 7.42. The van der Waals surface area contributed by atoms with E-state index in [0.29, 0.717) is 6.04 Å². The molecule has 5 heteroatoms. The maximum Gasteiger partial charge on any atom is 0.0821 e. The summed E-state index contributed by atoms with van der Waals surface area (Å²) in [6.45, 7) is 8.02. The van der Waals surface area contributed by atoms with E-state index < -0.39 is 0 Å². The number of rotatable bonds is 4. The highest BCUT2D eigenvalue weighted by atomic mass is 35.5. The van der Waals surface area contributed by atoms with Crippen molar-refractivity contribution in [1.29, 1.82) is 0 Å². The minimum atomic E-state index is 0.454. The number of anilines is 1. The summed E-state index contributed by atoms with van der Waals surface area (Å²) in [4.78, 5) is 11.6. The van der Waals surface area contributed by atoms with Crippen LogP contribution in [0.2, 0.25) is 5.02 Å². The lowest BCUT2D eigenvalue weighted by Crippen LogP contribution is -2.41. The summed E-state index contributed by atoms with van der Waals surface area (Å²) >= 11 is 6.15. The molecule has 4 nitrogen and oxygen atoms in total. The molecule has 0 amide bonds. The average molecular weight is 369 g/mol. The topological polar surface area (TPSA) is 40.5 Å². The van der Waals surface area contributed by atoms with E-state index in [9.17, 15) is 0 Å². The number of nitrogens with zero attached hydrogens (tertiary/aromatic N) is 3. The van der Waals surface area contributed by atoms with Gasteiger partial charge < -0.3 is 5.32 Å². The van der Waals surface area contributed by atoms with Crippen molar-refractivity contribution in [3.8, 4) is 0 Å². The molecule has 4 rings (SSSR count). The van der Waals surface area contributed by atoms with E-state index in [0.717, 1.165) is 53.9 Å². The van der Waals surface area contributed by atoms with Gasteiger partial charge in [-0.3, -0.25) is 14.9 Å². The molecule has 1 unspecified atom stereocenters. The Morgan fingerprint density at radius 2 is 2.15 bits per heavy atom. The van der Waals surface area contributed by atoms with Crippen LogP contribution in [0.15, 0.2) is 35.5 Å². The third-order valence-electron chi connectivity index (χ3n) is 5.33. The van der Waals surface area contributed by atoms with Gasteiger partial charge in [-0.1, -0.05) is 23.7 Å². The first-order valence-electron chi connectivity index (χ1n) is 9.33. The maximum absolute atomic E-state index is 6.15. The highest BCUT2D eigenvalue weighted by Crippen LogP contribution is 2.23. The van der Waals surface area contributed by atoms with E-state index in [1.807, 2.05) is 12.3 Å². The Hall–Kier alpha value is -1.91. The van der Waals surface area contributed by atoms with Gasteiger partial charge in [-0.2, -0.15) is 0 Å². The lowest BCUT2D eigenvalue weighted by molar-refractivity contribution is 0.208. The number of fused-ring (bicyclic) bond motifs is 1. The summed E-state index contributed by atoms with van der Waals surface area (Å²) in [7, 11) is 0. The van der Waals surface area contributed by atoms with Crippen LogP contribution in [0.1, 0.15) is 42.1 Å². The first kappa shape index (κ1) is 17.5. The molecule has 1 aromatic carbocycles. The molecule has 2 aromatic rings. The monoisotopic (exact) mass is 368 g/mol. The molecule has 1 fully saturated rings. The van der Waals surface area contributed by atoms with Crippen molar-refractivity contribution in [1.82, 2.24) is 9.88 Å². The van der Waals surface area contributed by atoms with Gasteiger partial charge in [0.25, 0.3) is 0 Å². The minimum absolute atomic E-state index is 0.454. The fourth-order valence-electron chi connectivity index (χ4n) is 3.91. The molecular formula is C21H25ClN4. The standard InChI is InChI=1S/C21H25ClN4/c1-14-8-16(5-6-20(14)22)12-26-7-3-4-17(13-26)25-18-9-19-15(2)23-11-21(19)24-10-18/h5-6,8-10,17,25H,3-4,7,11-13H2,1-2H3. The number of pyridine rings is 1. The highest BCUT2D eigenvalue weighted by Gasteiger charge is 2.21.